The second-order valence-corrected chi connectivity index (χ2v) is 14.8. The van der Waals surface area contributed by atoms with Crippen molar-refractivity contribution in [2.24, 2.45) is 5.92 Å². The monoisotopic (exact) mass is 674 g/mol. The van der Waals surface area contributed by atoms with Gasteiger partial charge in [0.2, 0.25) is 0 Å². The van der Waals surface area contributed by atoms with Crippen molar-refractivity contribution in [2.75, 3.05) is 23.5 Å². The van der Waals surface area contributed by atoms with Crippen LogP contribution in [-0.2, 0) is 22.9 Å². The summed E-state index contributed by atoms with van der Waals surface area (Å²) < 4.78 is 36.8. The molecule has 2 aromatic carbocycles. The number of benzene rings is 2. The summed E-state index contributed by atoms with van der Waals surface area (Å²) >= 11 is 0. The lowest BCUT2D eigenvalue weighted by Gasteiger charge is -2.27. The number of hydrogen-bond donors (Lipinski definition) is 5. The fourth-order valence-corrected chi connectivity index (χ4v) is 7.80. The van der Waals surface area contributed by atoms with Crippen molar-refractivity contribution in [1.82, 2.24) is 19.9 Å². The number of aliphatic hydroxyl groups is 1. The van der Waals surface area contributed by atoms with E-state index in [2.05, 4.69) is 20.0 Å². The van der Waals surface area contributed by atoms with Gasteiger partial charge >= 0.3 is 5.69 Å². The summed E-state index contributed by atoms with van der Waals surface area (Å²) in [6.45, 7) is 0.906. The fraction of sp³-hybridized carbons (Fsp3) is 0.444. The predicted molar refractivity (Wildman–Crippen MR) is 187 cm³/mol. The predicted octanol–water partition coefficient (Wildman–Crippen LogP) is 5.25. The number of hydrogen-bond acceptors (Lipinski definition) is 8. The number of ether oxygens (including phenoxy) is 1. The van der Waals surface area contributed by atoms with Gasteiger partial charge in [0.05, 0.1) is 16.7 Å². The molecule has 0 amide bonds. The highest BCUT2D eigenvalue weighted by molar-refractivity contribution is 7.92. The van der Waals surface area contributed by atoms with Gasteiger partial charge in [-0.25, -0.2) is 18.2 Å². The molecule has 6 rings (SSSR count). The highest BCUT2D eigenvalue weighted by atomic mass is 32.2. The molecular formula is C36H46N6O5S. The zero-order valence-corrected chi connectivity index (χ0v) is 28.1. The minimum absolute atomic E-state index is 0.0786. The number of imidazole rings is 1. The minimum Gasteiger partial charge on any atom is -0.489 e. The molecule has 2 aromatic heterocycles. The lowest BCUT2D eigenvalue weighted by atomic mass is 9.85. The molecule has 2 atom stereocenters. The van der Waals surface area contributed by atoms with Gasteiger partial charge in [0, 0.05) is 42.4 Å². The number of aliphatic hydroxyl groups excluding tert-OH is 1. The first-order valence-corrected chi connectivity index (χ1v) is 18.6. The number of nitrogen functional groups attached to an aromatic ring is 1. The summed E-state index contributed by atoms with van der Waals surface area (Å²) in [6.07, 6.45) is 15.2. The number of anilines is 2. The number of nitrogens with zero attached hydrogens (tertiary/aromatic N) is 2. The van der Waals surface area contributed by atoms with Gasteiger partial charge in [-0.05, 0) is 85.7 Å². The van der Waals surface area contributed by atoms with Gasteiger partial charge in [-0.2, -0.15) is 0 Å². The number of rotatable bonds is 14. The van der Waals surface area contributed by atoms with Crippen LogP contribution in [0.2, 0.25) is 0 Å². The second kappa shape index (κ2) is 15.4. The molecule has 1 fully saturated rings. The number of pyridine rings is 1. The maximum absolute atomic E-state index is 13.2. The Labute approximate surface area is 282 Å². The van der Waals surface area contributed by atoms with E-state index in [0.717, 1.165) is 42.9 Å². The smallest absolute Gasteiger partial charge is 0.330 e. The molecule has 0 spiro atoms. The van der Waals surface area contributed by atoms with Crippen LogP contribution in [0.15, 0.2) is 76.7 Å². The third kappa shape index (κ3) is 8.66. The molecule has 12 heteroatoms. The average molecular weight is 675 g/mol. The Morgan fingerprint density at radius 3 is 2.62 bits per heavy atom. The van der Waals surface area contributed by atoms with E-state index in [4.69, 9.17) is 10.5 Å². The molecule has 3 heterocycles. The van der Waals surface area contributed by atoms with Gasteiger partial charge in [0.25, 0.3) is 10.0 Å². The zero-order valence-electron chi connectivity index (χ0n) is 27.2. The third-order valence-electron chi connectivity index (χ3n) is 9.48. The zero-order chi connectivity index (χ0) is 33.5. The van der Waals surface area contributed by atoms with Gasteiger partial charge in [-0.15, -0.1) is 0 Å². The van der Waals surface area contributed by atoms with E-state index < -0.39 is 16.1 Å². The Balaban J connectivity index is 0.991. The van der Waals surface area contributed by atoms with Crippen LogP contribution in [0.5, 0.6) is 5.75 Å². The molecule has 48 heavy (non-hydrogen) atoms. The first-order valence-electron chi connectivity index (χ1n) is 17.1. The Morgan fingerprint density at radius 1 is 1.04 bits per heavy atom. The van der Waals surface area contributed by atoms with E-state index in [9.17, 15) is 18.3 Å². The van der Waals surface area contributed by atoms with Crippen LogP contribution < -0.4 is 26.2 Å². The molecule has 0 radical (unpaired) electrons. The Kier molecular flexibility index (Phi) is 10.8. The number of fused-ring (bicyclic) bond motifs is 1. The Bertz CT molecular complexity index is 1810. The quantitative estimate of drug-likeness (QED) is 0.113. The van der Waals surface area contributed by atoms with E-state index in [1.807, 2.05) is 6.20 Å². The molecule has 4 aromatic rings. The number of aryl methyl sites for hydroxylation is 2. The van der Waals surface area contributed by atoms with E-state index >= 15 is 0 Å². The molecule has 0 bridgehead atoms. The van der Waals surface area contributed by atoms with Crippen LogP contribution in [0.1, 0.15) is 80.7 Å². The standard InChI is InChI=1S/C36H46N6O5S/c37-35-19-11-27(21-39-35)33(43)23-38-22-31-15-10-26-20-28(12-18-34(26)47-31)41-48(45,46)32-16-13-30(14-17-32)42-24-29(40-36(42)44)9-5-4-8-25-6-2-1-3-7-25/h11-14,16-21,24-25,31,33,38,41,43H,1-10,15,22-23H2,(H2,37,39)(H,40,44). The van der Waals surface area contributed by atoms with Crippen LogP contribution in [0.4, 0.5) is 11.5 Å². The van der Waals surface area contributed by atoms with Crippen molar-refractivity contribution >= 4 is 21.5 Å². The summed E-state index contributed by atoms with van der Waals surface area (Å²) in [5.74, 6) is 1.98. The second-order valence-electron chi connectivity index (χ2n) is 13.1. The number of nitrogens with one attached hydrogen (secondary N) is 3. The van der Waals surface area contributed by atoms with E-state index in [-0.39, 0.29) is 16.7 Å². The largest absolute Gasteiger partial charge is 0.489 e. The first-order chi connectivity index (χ1) is 23.2. The van der Waals surface area contributed by atoms with Gasteiger partial charge in [0.1, 0.15) is 17.7 Å². The summed E-state index contributed by atoms with van der Waals surface area (Å²) in [7, 11) is -3.86. The summed E-state index contributed by atoms with van der Waals surface area (Å²) in [5, 5.41) is 13.6. The third-order valence-corrected chi connectivity index (χ3v) is 10.9. The summed E-state index contributed by atoms with van der Waals surface area (Å²) in [5.41, 5.74) is 8.95. The number of nitrogens with two attached hydrogens (primary N) is 1. The van der Waals surface area contributed by atoms with Crippen LogP contribution in [-0.4, -0.2) is 47.3 Å². The van der Waals surface area contributed by atoms with Gasteiger partial charge in [0.15, 0.2) is 0 Å². The number of sulfonamides is 1. The summed E-state index contributed by atoms with van der Waals surface area (Å²) in [6, 6.07) is 15.0. The number of unbranched alkanes of at least 4 members (excludes halogenated alkanes) is 1. The van der Waals surface area contributed by atoms with E-state index in [1.54, 1.807) is 48.7 Å². The van der Waals surface area contributed by atoms with Crippen LogP contribution in [0.25, 0.3) is 5.69 Å². The topological polar surface area (TPSA) is 164 Å². The minimum atomic E-state index is -3.86. The fourth-order valence-electron chi connectivity index (χ4n) is 6.75. The molecule has 1 aliphatic carbocycles. The van der Waals surface area contributed by atoms with Crippen LogP contribution in [0, 0.1) is 5.92 Å². The van der Waals surface area contributed by atoms with Crippen molar-refractivity contribution in [2.45, 2.75) is 87.7 Å². The van der Waals surface area contributed by atoms with Gasteiger partial charge in [-0.1, -0.05) is 51.0 Å². The average Bonchev–Trinajstić information content (AvgIpc) is 3.47. The van der Waals surface area contributed by atoms with Crippen LogP contribution >= 0.6 is 0 Å². The highest BCUT2D eigenvalue weighted by Crippen LogP contribution is 2.31. The van der Waals surface area contributed by atoms with Crippen LogP contribution in [0.3, 0.4) is 0 Å². The number of aromatic amines is 1. The summed E-state index contributed by atoms with van der Waals surface area (Å²) in [4.78, 5) is 19.8. The highest BCUT2D eigenvalue weighted by Gasteiger charge is 2.22. The molecule has 2 aliphatic rings. The molecule has 256 valence electrons. The molecule has 0 saturated heterocycles. The Hall–Kier alpha value is -4.13. The van der Waals surface area contributed by atoms with Gasteiger partial charge < -0.3 is 25.9 Å². The van der Waals surface area contributed by atoms with Crippen molar-refractivity contribution < 1.29 is 18.3 Å². The normalized spacial score (nSPS) is 17.4. The van der Waals surface area contributed by atoms with E-state index in [0.29, 0.717) is 41.6 Å². The number of H-pyrrole nitrogens is 1. The molecule has 2 unspecified atom stereocenters. The van der Waals surface area contributed by atoms with Crippen molar-refractivity contribution in [3.05, 3.63) is 94.3 Å². The molecule has 11 nitrogen and oxygen atoms in total. The lowest BCUT2D eigenvalue weighted by Crippen LogP contribution is -2.36. The number of aromatic nitrogens is 3. The molecular weight excluding hydrogens is 629 g/mol. The van der Waals surface area contributed by atoms with Crippen molar-refractivity contribution in [1.29, 1.82) is 0 Å². The first kappa shape index (κ1) is 33.8. The lowest BCUT2D eigenvalue weighted by molar-refractivity contribution is 0.146. The van der Waals surface area contributed by atoms with Crippen molar-refractivity contribution in [3.63, 3.8) is 0 Å². The van der Waals surface area contributed by atoms with Gasteiger partial charge in [-0.3, -0.25) is 9.29 Å². The SMILES string of the molecule is Nc1ccc(C(O)CNCC2CCc3cc(NS(=O)(=O)c4ccc(-n5cc(CCCCC6CCCCC6)[nH]c5=O)cc4)ccc3O2)cn1. The Morgan fingerprint density at radius 2 is 1.85 bits per heavy atom. The maximum atomic E-state index is 13.2. The maximum Gasteiger partial charge on any atom is 0.330 e. The molecule has 6 N–H and O–H groups in total. The van der Waals surface area contributed by atoms with E-state index in [1.165, 1.54) is 61.6 Å². The van der Waals surface area contributed by atoms with Crippen molar-refractivity contribution in [3.8, 4) is 11.4 Å². The molecule has 1 aliphatic heterocycles. The molecule has 1 saturated carbocycles.